The number of benzene rings is 2. The Labute approximate surface area is 172 Å². The number of fused-ring (bicyclic) bond motifs is 1. The molecule has 0 bridgehead atoms. The average molecular weight is 395 g/mol. The molecule has 154 valence electrons. The van der Waals surface area contributed by atoms with Gasteiger partial charge < -0.3 is 20.7 Å². The van der Waals surface area contributed by atoms with E-state index >= 15 is 0 Å². The van der Waals surface area contributed by atoms with Gasteiger partial charge in [0, 0.05) is 43.7 Å². The van der Waals surface area contributed by atoms with Gasteiger partial charge in [-0.3, -0.25) is 9.79 Å². The van der Waals surface area contributed by atoms with Crippen molar-refractivity contribution in [2.24, 2.45) is 4.99 Å². The second-order valence-corrected chi connectivity index (χ2v) is 8.17. The maximum Gasteiger partial charge on any atom is 0.225 e. The standard InChI is InChI=1S/C23H30N4O2/c1-23(2,3)29-20-12-8-5-9-16(20)14-25-22(24-4)26-15-17-13-21(28)27-19-11-7-6-10-18(17)19/h5-12,17H,13-15H2,1-4H3,(H,27,28)(H2,24,25,26). The molecule has 0 aromatic heterocycles. The number of amides is 1. The zero-order valence-electron chi connectivity index (χ0n) is 17.6. The number of anilines is 1. The Morgan fingerprint density at radius 2 is 1.86 bits per heavy atom. The summed E-state index contributed by atoms with van der Waals surface area (Å²) in [6.45, 7) is 7.33. The van der Waals surface area contributed by atoms with Gasteiger partial charge in [0.25, 0.3) is 0 Å². The van der Waals surface area contributed by atoms with Crippen LogP contribution in [0.25, 0.3) is 0 Å². The molecule has 6 heteroatoms. The number of guanidine groups is 1. The monoisotopic (exact) mass is 394 g/mol. The predicted octanol–water partition coefficient (Wildman–Crippen LogP) is 3.65. The maximum atomic E-state index is 12.0. The second-order valence-electron chi connectivity index (χ2n) is 8.17. The summed E-state index contributed by atoms with van der Waals surface area (Å²) in [5.41, 5.74) is 2.85. The number of hydrogen-bond donors (Lipinski definition) is 3. The van der Waals surface area contributed by atoms with Gasteiger partial charge in [-0.1, -0.05) is 36.4 Å². The van der Waals surface area contributed by atoms with Crippen molar-refractivity contribution in [2.75, 3.05) is 18.9 Å². The van der Waals surface area contributed by atoms with Gasteiger partial charge in [-0.05, 0) is 38.5 Å². The summed E-state index contributed by atoms with van der Waals surface area (Å²) in [4.78, 5) is 16.3. The highest BCUT2D eigenvalue weighted by Crippen LogP contribution is 2.31. The molecule has 1 heterocycles. The molecular formula is C23H30N4O2. The third kappa shape index (κ3) is 5.73. The molecule has 6 nitrogen and oxygen atoms in total. The maximum absolute atomic E-state index is 12.0. The molecule has 0 fully saturated rings. The molecule has 3 N–H and O–H groups in total. The molecule has 2 aromatic rings. The lowest BCUT2D eigenvalue weighted by molar-refractivity contribution is -0.116. The minimum Gasteiger partial charge on any atom is -0.488 e. The Morgan fingerprint density at radius 1 is 1.14 bits per heavy atom. The molecule has 1 unspecified atom stereocenters. The Balaban J connectivity index is 1.61. The number of para-hydroxylation sites is 2. The topological polar surface area (TPSA) is 74.8 Å². The molecule has 0 spiro atoms. The molecule has 0 radical (unpaired) electrons. The van der Waals surface area contributed by atoms with Gasteiger partial charge in [0.1, 0.15) is 11.4 Å². The fraction of sp³-hybridized carbons (Fsp3) is 0.391. The number of nitrogens with zero attached hydrogens (tertiary/aromatic N) is 1. The lowest BCUT2D eigenvalue weighted by atomic mass is 9.90. The fourth-order valence-corrected chi connectivity index (χ4v) is 3.38. The minimum absolute atomic E-state index is 0.0479. The van der Waals surface area contributed by atoms with Crippen LogP contribution in [0.4, 0.5) is 5.69 Å². The van der Waals surface area contributed by atoms with Gasteiger partial charge in [0.2, 0.25) is 5.91 Å². The predicted molar refractivity (Wildman–Crippen MR) is 117 cm³/mol. The van der Waals surface area contributed by atoms with Crippen molar-refractivity contribution in [3.63, 3.8) is 0 Å². The molecule has 1 amide bonds. The van der Waals surface area contributed by atoms with E-state index in [0.717, 1.165) is 22.6 Å². The molecule has 2 aromatic carbocycles. The Hall–Kier alpha value is -3.02. The second kappa shape index (κ2) is 8.99. The van der Waals surface area contributed by atoms with Crippen LogP contribution >= 0.6 is 0 Å². The number of carbonyl (C=O) groups is 1. The number of ether oxygens (including phenoxy) is 1. The lowest BCUT2D eigenvalue weighted by Crippen LogP contribution is -2.40. The minimum atomic E-state index is -0.259. The molecular weight excluding hydrogens is 364 g/mol. The summed E-state index contributed by atoms with van der Waals surface area (Å²) in [7, 11) is 1.74. The third-order valence-corrected chi connectivity index (χ3v) is 4.68. The van der Waals surface area contributed by atoms with Crippen molar-refractivity contribution in [1.82, 2.24) is 10.6 Å². The molecule has 1 aliphatic rings. The van der Waals surface area contributed by atoms with Crippen LogP contribution < -0.4 is 20.7 Å². The van der Waals surface area contributed by atoms with Crippen molar-refractivity contribution >= 4 is 17.6 Å². The lowest BCUT2D eigenvalue weighted by Gasteiger charge is -2.26. The molecule has 0 aliphatic carbocycles. The quantitative estimate of drug-likeness (QED) is 0.534. The normalized spacial score (nSPS) is 16.6. The van der Waals surface area contributed by atoms with E-state index < -0.39 is 0 Å². The highest BCUT2D eigenvalue weighted by Gasteiger charge is 2.24. The fourth-order valence-electron chi connectivity index (χ4n) is 3.38. The van der Waals surface area contributed by atoms with Crippen LogP contribution in [0.2, 0.25) is 0 Å². The van der Waals surface area contributed by atoms with Crippen molar-refractivity contribution < 1.29 is 9.53 Å². The van der Waals surface area contributed by atoms with Gasteiger partial charge in [-0.25, -0.2) is 0 Å². The Morgan fingerprint density at radius 3 is 2.62 bits per heavy atom. The molecule has 0 saturated carbocycles. The molecule has 1 aliphatic heterocycles. The number of rotatable bonds is 5. The summed E-state index contributed by atoms with van der Waals surface area (Å²) < 4.78 is 6.06. The summed E-state index contributed by atoms with van der Waals surface area (Å²) >= 11 is 0. The van der Waals surface area contributed by atoms with Gasteiger partial charge in [-0.15, -0.1) is 0 Å². The first-order valence-electron chi connectivity index (χ1n) is 9.96. The van der Waals surface area contributed by atoms with Crippen molar-refractivity contribution in [1.29, 1.82) is 0 Å². The molecule has 29 heavy (non-hydrogen) atoms. The molecule has 1 atom stereocenters. The van der Waals surface area contributed by atoms with Gasteiger partial charge in [0.05, 0.1) is 0 Å². The van der Waals surface area contributed by atoms with E-state index in [0.29, 0.717) is 25.5 Å². The first kappa shape index (κ1) is 20.7. The van der Waals surface area contributed by atoms with Crippen LogP contribution in [0.1, 0.15) is 44.2 Å². The molecule has 0 saturated heterocycles. The smallest absolute Gasteiger partial charge is 0.225 e. The average Bonchev–Trinajstić information content (AvgIpc) is 2.67. The highest BCUT2D eigenvalue weighted by atomic mass is 16.5. The van der Waals surface area contributed by atoms with Crippen molar-refractivity contribution in [2.45, 2.75) is 45.3 Å². The molecule has 3 rings (SSSR count). The van der Waals surface area contributed by atoms with E-state index in [4.69, 9.17) is 4.74 Å². The summed E-state index contributed by atoms with van der Waals surface area (Å²) in [5, 5.41) is 9.64. The third-order valence-electron chi connectivity index (χ3n) is 4.68. The highest BCUT2D eigenvalue weighted by molar-refractivity contribution is 5.94. The van der Waals surface area contributed by atoms with Crippen LogP contribution in [0, 0.1) is 0 Å². The largest absolute Gasteiger partial charge is 0.488 e. The summed E-state index contributed by atoms with van der Waals surface area (Å²) in [6.07, 6.45) is 0.462. The summed E-state index contributed by atoms with van der Waals surface area (Å²) in [6, 6.07) is 16.0. The number of carbonyl (C=O) groups excluding carboxylic acids is 1. The van der Waals surface area contributed by atoms with E-state index in [9.17, 15) is 4.79 Å². The van der Waals surface area contributed by atoms with Crippen molar-refractivity contribution in [3.05, 3.63) is 59.7 Å². The van der Waals surface area contributed by atoms with Crippen molar-refractivity contribution in [3.8, 4) is 5.75 Å². The van der Waals surface area contributed by atoms with Crippen LogP contribution in [0.15, 0.2) is 53.5 Å². The first-order valence-corrected chi connectivity index (χ1v) is 9.96. The van der Waals surface area contributed by atoms with Gasteiger partial charge >= 0.3 is 0 Å². The SMILES string of the molecule is CN=C(NCc1ccccc1OC(C)(C)C)NCC1CC(=O)Nc2ccccc21. The number of nitrogens with one attached hydrogen (secondary N) is 3. The van der Waals surface area contributed by atoms with Gasteiger partial charge in [-0.2, -0.15) is 0 Å². The van der Waals surface area contributed by atoms with Crippen LogP contribution in [-0.4, -0.2) is 31.1 Å². The van der Waals surface area contributed by atoms with Gasteiger partial charge in [0.15, 0.2) is 5.96 Å². The van der Waals surface area contributed by atoms with E-state index in [1.807, 2.05) is 63.2 Å². The Kier molecular flexibility index (Phi) is 6.42. The zero-order valence-corrected chi connectivity index (χ0v) is 17.6. The first-order chi connectivity index (χ1) is 13.9. The van der Waals surface area contributed by atoms with E-state index in [1.54, 1.807) is 7.05 Å². The van der Waals surface area contributed by atoms with E-state index in [1.165, 1.54) is 0 Å². The number of hydrogen-bond acceptors (Lipinski definition) is 3. The zero-order chi connectivity index (χ0) is 20.9. The number of aliphatic imine (C=N–C) groups is 1. The Bertz CT molecular complexity index is 886. The van der Waals surface area contributed by atoms with E-state index in [2.05, 4.69) is 27.0 Å². The van der Waals surface area contributed by atoms with E-state index in [-0.39, 0.29) is 17.4 Å². The summed E-state index contributed by atoms with van der Waals surface area (Å²) in [5.74, 6) is 1.71. The van der Waals surface area contributed by atoms with Crippen LogP contribution in [-0.2, 0) is 11.3 Å². The van der Waals surface area contributed by atoms with Crippen LogP contribution in [0.3, 0.4) is 0 Å². The van der Waals surface area contributed by atoms with Crippen LogP contribution in [0.5, 0.6) is 5.75 Å².